The maximum Gasteiger partial charge on any atom is 0.251 e. The number of hydrogen-bond acceptors (Lipinski definition) is 3. The molecule has 0 aliphatic rings. The molecule has 128 valence electrons. The van der Waals surface area contributed by atoms with Crippen LogP contribution in [0.1, 0.15) is 16.1 Å². The van der Waals surface area contributed by atoms with Crippen molar-refractivity contribution in [1.29, 1.82) is 0 Å². The molecule has 0 spiro atoms. The van der Waals surface area contributed by atoms with Crippen molar-refractivity contribution in [3.63, 3.8) is 0 Å². The summed E-state index contributed by atoms with van der Waals surface area (Å²) in [5.74, 6) is 0.584. The highest BCUT2D eigenvalue weighted by Crippen LogP contribution is 2.15. The lowest BCUT2D eigenvalue weighted by Gasteiger charge is -2.09. The Hall–Kier alpha value is -2.79. The van der Waals surface area contributed by atoms with Crippen LogP contribution in [0.15, 0.2) is 60.8 Å². The summed E-state index contributed by atoms with van der Waals surface area (Å²) >= 11 is 5.82. The first kappa shape index (κ1) is 17.0. The van der Waals surface area contributed by atoms with E-state index in [1.54, 1.807) is 42.6 Å². The van der Waals surface area contributed by atoms with Gasteiger partial charge in [-0.05, 0) is 61.5 Å². The Morgan fingerprint density at radius 3 is 2.48 bits per heavy atom. The topological polar surface area (TPSA) is 56.2 Å². The predicted molar refractivity (Wildman–Crippen MR) is 97.6 cm³/mol. The Balaban J connectivity index is 1.50. The molecule has 0 aliphatic heterocycles. The van der Waals surface area contributed by atoms with Crippen molar-refractivity contribution >= 4 is 17.5 Å². The van der Waals surface area contributed by atoms with Gasteiger partial charge in [-0.1, -0.05) is 11.6 Å². The lowest BCUT2D eigenvalue weighted by molar-refractivity contribution is 0.0947. The maximum absolute atomic E-state index is 12.2. The molecule has 0 fully saturated rings. The van der Waals surface area contributed by atoms with Gasteiger partial charge in [0, 0.05) is 22.5 Å². The fourth-order valence-electron chi connectivity index (χ4n) is 2.36. The van der Waals surface area contributed by atoms with Crippen molar-refractivity contribution in [3.8, 4) is 11.4 Å². The Labute approximate surface area is 151 Å². The Morgan fingerprint density at radius 2 is 1.84 bits per heavy atom. The first-order chi connectivity index (χ1) is 12.1. The number of carbonyl (C=O) groups is 1. The van der Waals surface area contributed by atoms with E-state index >= 15 is 0 Å². The second-order valence-electron chi connectivity index (χ2n) is 5.49. The standard InChI is InChI=1S/C19H18ClN3O2/c1-14-10-11-22-23(14)17-6-2-15(3-7-17)19(24)21-12-13-25-18-8-4-16(20)5-9-18/h2-11H,12-13H2,1H3,(H,21,24). The Kier molecular flexibility index (Phi) is 5.36. The van der Waals surface area contributed by atoms with Crippen LogP contribution in [0.3, 0.4) is 0 Å². The molecule has 0 atom stereocenters. The number of nitrogens with one attached hydrogen (secondary N) is 1. The van der Waals surface area contributed by atoms with Crippen LogP contribution in [-0.4, -0.2) is 28.8 Å². The summed E-state index contributed by atoms with van der Waals surface area (Å²) in [4.78, 5) is 12.2. The average Bonchev–Trinajstić information content (AvgIpc) is 3.06. The van der Waals surface area contributed by atoms with Gasteiger partial charge in [-0.15, -0.1) is 0 Å². The summed E-state index contributed by atoms with van der Waals surface area (Å²) in [5.41, 5.74) is 2.56. The van der Waals surface area contributed by atoms with Crippen LogP contribution in [0.2, 0.25) is 5.02 Å². The van der Waals surface area contributed by atoms with Crippen molar-refractivity contribution in [1.82, 2.24) is 15.1 Å². The molecule has 0 bridgehead atoms. The van der Waals surface area contributed by atoms with Crippen LogP contribution in [0.25, 0.3) is 5.69 Å². The lowest BCUT2D eigenvalue weighted by Crippen LogP contribution is -2.28. The number of hydrogen-bond donors (Lipinski definition) is 1. The molecule has 1 heterocycles. The first-order valence-corrected chi connectivity index (χ1v) is 8.29. The van der Waals surface area contributed by atoms with E-state index in [0.717, 1.165) is 17.1 Å². The minimum absolute atomic E-state index is 0.136. The van der Waals surface area contributed by atoms with E-state index in [4.69, 9.17) is 16.3 Å². The normalized spacial score (nSPS) is 10.5. The molecule has 3 aromatic rings. The van der Waals surface area contributed by atoms with E-state index in [1.807, 2.05) is 29.8 Å². The molecule has 0 saturated heterocycles. The third-order valence-electron chi connectivity index (χ3n) is 3.68. The molecule has 0 aliphatic carbocycles. The number of rotatable bonds is 6. The largest absolute Gasteiger partial charge is 0.492 e. The minimum Gasteiger partial charge on any atom is -0.492 e. The van der Waals surface area contributed by atoms with Crippen LogP contribution >= 0.6 is 11.6 Å². The molecule has 25 heavy (non-hydrogen) atoms. The van der Waals surface area contributed by atoms with Gasteiger partial charge in [0.05, 0.1) is 12.2 Å². The van der Waals surface area contributed by atoms with E-state index in [1.165, 1.54) is 0 Å². The number of benzene rings is 2. The fourth-order valence-corrected chi connectivity index (χ4v) is 2.49. The monoisotopic (exact) mass is 355 g/mol. The molecule has 0 unspecified atom stereocenters. The molecule has 5 nitrogen and oxygen atoms in total. The van der Waals surface area contributed by atoms with Crippen LogP contribution in [-0.2, 0) is 0 Å². The van der Waals surface area contributed by atoms with Gasteiger partial charge >= 0.3 is 0 Å². The molecule has 1 aromatic heterocycles. The second kappa shape index (κ2) is 7.85. The number of amides is 1. The van der Waals surface area contributed by atoms with Gasteiger partial charge in [0.2, 0.25) is 0 Å². The van der Waals surface area contributed by atoms with Gasteiger partial charge < -0.3 is 10.1 Å². The number of halogens is 1. The van der Waals surface area contributed by atoms with Crippen LogP contribution < -0.4 is 10.1 Å². The van der Waals surface area contributed by atoms with E-state index in [0.29, 0.717) is 23.7 Å². The Morgan fingerprint density at radius 1 is 1.12 bits per heavy atom. The SMILES string of the molecule is Cc1ccnn1-c1ccc(C(=O)NCCOc2ccc(Cl)cc2)cc1. The van der Waals surface area contributed by atoms with Gasteiger partial charge in [0.25, 0.3) is 5.91 Å². The van der Waals surface area contributed by atoms with Crippen molar-refractivity contribution in [3.05, 3.63) is 77.1 Å². The molecule has 3 rings (SSSR count). The molecular formula is C19H18ClN3O2. The molecule has 1 amide bonds. The lowest BCUT2D eigenvalue weighted by atomic mass is 10.2. The van der Waals surface area contributed by atoms with Crippen molar-refractivity contribution < 1.29 is 9.53 Å². The zero-order valence-electron chi connectivity index (χ0n) is 13.8. The second-order valence-corrected chi connectivity index (χ2v) is 5.93. The van der Waals surface area contributed by atoms with Crippen molar-refractivity contribution in [2.24, 2.45) is 0 Å². The smallest absolute Gasteiger partial charge is 0.251 e. The third kappa shape index (κ3) is 4.39. The van der Waals surface area contributed by atoms with E-state index in [2.05, 4.69) is 10.4 Å². The summed E-state index contributed by atoms with van der Waals surface area (Å²) in [5, 5.41) is 7.74. The number of aromatic nitrogens is 2. The number of aryl methyl sites for hydroxylation is 1. The van der Waals surface area contributed by atoms with Gasteiger partial charge in [-0.2, -0.15) is 5.10 Å². The van der Waals surface area contributed by atoms with Gasteiger partial charge in [0.15, 0.2) is 0 Å². The molecule has 0 saturated carbocycles. The predicted octanol–water partition coefficient (Wildman–Crippen LogP) is 3.64. The zero-order chi connectivity index (χ0) is 17.6. The van der Waals surface area contributed by atoms with E-state index < -0.39 is 0 Å². The maximum atomic E-state index is 12.2. The number of carbonyl (C=O) groups excluding carboxylic acids is 1. The van der Waals surface area contributed by atoms with E-state index in [-0.39, 0.29) is 5.91 Å². The van der Waals surface area contributed by atoms with Crippen LogP contribution in [0.5, 0.6) is 5.75 Å². The van der Waals surface area contributed by atoms with Crippen LogP contribution in [0.4, 0.5) is 0 Å². The number of nitrogens with zero attached hydrogens (tertiary/aromatic N) is 2. The van der Waals surface area contributed by atoms with Crippen molar-refractivity contribution in [2.75, 3.05) is 13.2 Å². The number of ether oxygens (including phenoxy) is 1. The molecule has 1 N–H and O–H groups in total. The molecule has 2 aromatic carbocycles. The van der Waals surface area contributed by atoms with Gasteiger partial charge in [-0.3, -0.25) is 4.79 Å². The quantitative estimate of drug-likeness (QED) is 0.687. The highest BCUT2D eigenvalue weighted by atomic mass is 35.5. The molecule has 0 radical (unpaired) electrons. The average molecular weight is 356 g/mol. The van der Waals surface area contributed by atoms with Crippen molar-refractivity contribution in [2.45, 2.75) is 6.92 Å². The summed E-state index contributed by atoms with van der Waals surface area (Å²) in [7, 11) is 0. The van der Waals surface area contributed by atoms with E-state index in [9.17, 15) is 4.79 Å². The van der Waals surface area contributed by atoms with Gasteiger partial charge in [0.1, 0.15) is 12.4 Å². The summed E-state index contributed by atoms with van der Waals surface area (Å²) in [6.45, 7) is 2.79. The van der Waals surface area contributed by atoms with Crippen LogP contribution in [0, 0.1) is 6.92 Å². The zero-order valence-corrected chi connectivity index (χ0v) is 14.5. The van der Waals surface area contributed by atoms with Gasteiger partial charge in [-0.25, -0.2) is 4.68 Å². The summed E-state index contributed by atoms with van der Waals surface area (Å²) in [6, 6.07) is 16.4. The summed E-state index contributed by atoms with van der Waals surface area (Å²) in [6.07, 6.45) is 1.75. The first-order valence-electron chi connectivity index (χ1n) is 7.91. The summed E-state index contributed by atoms with van der Waals surface area (Å²) < 4.78 is 7.36. The highest BCUT2D eigenvalue weighted by molar-refractivity contribution is 6.30. The molecule has 6 heteroatoms. The minimum atomic E-state index is -0.136. The third-order valence-corrected chi connectivity index (χ3v) is 3.93. The molecular weight excluding hydrogens is 338 g/mol. The fraction of sp³-hybridized carbons (Fsp3) is 0.158. The highest BCUT2D eigenvalue weighted by Gasteiger charge is 2.06. The Bertz CT molecular complexity index is 842.